The largest absolute Gasteiger partial charge is 0.369 e. The molecule has 6 nitrogen and oxygen atoms in total. The van der Waals surface area contributed by atoms with Gasteiger partial charge in [0, 0.05) is 25.6 Å². The van der Waals surface area contributed by atoms with Crippen LogP contribution in [0.4, 0.5) is 0 Å². The zero-order chi connectivity index (χ0) is 18.0. The van der Waals surface area contributed by atoms with Crippen LogP contribution in [0.15, 0.2) is 24.3 Å². The fourth-order valence-electron chi connectivity index (χ4n) is 3.35. The van der Waals surface area contributed by atoms with E-state index >= 15 is 0 Å². The minimum Gasteiger partial charge on any atom is -0.369 e. The van der Waals surface area contributed by atoms with Gasteiger partial charge >= 0.3 is 0 Å². The summed E-state index contributed by atoms with van der Waals surface area (Å²) in [6, 6.07) is 9.80. The molecule has 2 aromatic rings. The van der Waals surface area contributed by atoms with Crippen molar-refractivity contribution in [3.05, 3.63) is 52.3 Å². The molecule has 0 bridgehead atoms. The van der Waals surface area contributed by atoms with Crippen LogP contribution in [0.3, 0.4) is 0 Å². The molecule has 2 heterocycles. The maximum atomic E-state index is 12.6. The van der Waals surface area contributed by atoms with E-state index in [0.29, 0.717) is 25.1 Å². The van der Waals surface area contributed by atoms with Crippen LogP contribution < -0.4 is 5.32 Å². The van der Waals surface area contributed by atoms with Crippen molar-refractivity contribution < 1.29 is 9.53 Å². The average molecular weight is 338 g/mol. The maximum Gasteiger partial charge on any atom is 0.272 e. The Morgan fingerprint density at radius 1 is 1.36 bits per heavy atom. The lowest BCUT2D eigenvalue weighted by Gasteiger charge is -2.26. The third-order valence-electron chi connectivity index (χ3n) is 4.48. The lowest BCUT2D eigenvalue weighted by atomic mass is 9.99. The highest BCUT2D eigenvalue weighted by atomic mass is 16.5. The molecule has 3 rings (SSSR count). The highest BCUT2D eigenvalue weighted by molar-refractivity contribution is 5.94. The number of nitrogens with one attached hydrogen (secondary N) is 1. The summed E-state index contributed by atoms with van der Waals surface area (Å²) in [6.07, 6.45) is 1.10. The van der Waals surface area contributed by atoms with E-state index in [4.69, 9.17) is 10.00 Å². The first kappa shape index (κ1) is 17.2. The molecule has 25 heavy (non-hydrogen) atoms. The third kappa shape index (κ3) is 3.57. The molecule has 6 heteroatoms. The van der Waals surface area contributed by atoms with Crippen LogP contribution in [-0.2, 0) is 31.2 Å². The number of carbonyl (C=O) groups excluding carboxylic acids is 1. The molecule has 1 aliphatic rings. The van der Waals surface area contributed by atoms with Crippen LogP contribution in [0, 0.1) is 11.3 Å². The van der Waals surface area contributed by atoms with Gasteiger partial charge in [-0.05, 0) is 25.0 Å². The second kappa shape index (κ2) is 7.08. The van der Waals surface area contributed by atoms with Gasteiger partial charge in [0.05, 0.1) is 30.4 Å². The van der Waals surface area contributed by atoms with Crippen LogP contribution in [-0.4, -0.2) is 21.8 Å². The predicted molar refractivity (Wildman–Crippen MR) is 92.8 cm³/mol. The lowest BCUT2D eigenvalue weighted by Crippen LogP contribution is -2.27. The molecule has 0 fully saturated rings. The number of aryl methyl sites for hydroxylation is 1. The van der Waals surface area contributed by atoms with Gasteiger partial charge in [-0.3, -0.25) is 9.48 Å². The van der Waals surface area contributed by atoms with Gasteiger partial charge in [0.15, 0.2) is 5.69 Å². The third-order valence-corrected chi connectivity index (χ3v) is 4.48. The van der Waals surface area contributed by atoms with Gasteiger partial charge in [-0.1, -0.05) is 24.3 Å². The van der Waals surface area contributed by atoms with E-state index in [-0.39, 0.29) is 18.1 Å². The number of benzene rings is 1. The molecule has 0 radical (unpaired) electrons. The van der Waals surface area contributed by atoms with Crippen molar-refractivity contribution in [2.45, 2.75) is 45.4 Å². The second-order valence-electron chi connectivity index (χ2n) is 6.46. The summed E-state index contributed by atoms with van der Waals surface area (Å²) in [7, 11) is 1.85. The smallest absolute Gasteiger partial charge is 0.272 e. The standard InChI is InChI=1S/C19H22N4O2/c1-12-10-16-17(22-23(3)18(16)13(2)25-12)19(24)21-11-15-6-4-14(5-7-15)8-9-20/h4-7,12-13H,8,10-11H2,1-3H3,(H,21,24)/t12-,13+/m1/s1. The number of amides is 1. The monoisotopic (exact) mass is 338 g/mol. The number of nitrogens with zero attached hydrogens (tertiary/aromatic N) is 3. The molecule has 1 aliphatic heterocycles. The molecule has 1 amide bonds. The van der Waals surface area contributed by atoms with Gasteiger partial charge in [0.2, 0.25) is 0 Å². The van der Waals surface area contributed by atoms with Crippen LogP contribution in [0.1, 0.15) is 52.8 Å². The Balaban J connectivity index is 1.72. The van der Waals surface area contributed by atoms with Gasteiger partial charge in [0.25, 0.3) is 5.91 Å². The van der Waals surface area contributed by atoms with Crippen molar-refractivity contribution in [1.82, 2.24) is 15.1 Å². The van der Waals surface area contributed by atoms with Gasteiger partial charge in [-0.25, -0.2) is 0 Å². The van der Waals surface area contributed by atoms with Crippen molar-refractivity contribution in [2.24, 2.45) is 7.05 Å². The van der Waals surface area contributed by atoms with Crippen LogP contribution in [0.5, 0.6) is 0 Å². The average Bonchev–Trinajstić information content (AvgIpc) is 2.91. The first-order chi connectivity index (χ1) is 12.0. The summed E-state index contributed by atoms with van der Waals surface area (Å²) < 4.78 is 7.58. The van der Waals surface area contributed by atoms with Crippen molar-refractivity contribution in [3.63, 3.8) is 0 Å². The predicted octanol–water partition coefficient (Wildman–Crippen LogP) is 2.44. The van der Waals surface area contributed by atoms with E-state index in [1.807, 2.05) is 45.2 Å². The van der Waals surface area contributed by atoms with E-state index in [0.717, 1.165) is 22.4 Å². The number of hydrogen-bond donors (Lipinski definition) is 1. The highest BCUT2D eigenvalue weighted by Gasteiger charge is 2.31. The minimum atomic E-state index is -0.167. The Kier molecular flexibility index (Phi) is 4.86. The molecule has 130 valence electrons. The summed E-state index contributed by atoms with van der Waals surface area (Å²) in [5.74, 6) is -0.167. The molecule has 2 atom stereocenters. The maximum absolute atomic E-state index is 12.6. The summed E-state index contributed by atoms with van der Waals surface area (Å²) in [4.78, 5) is 12.6. The van der Waals surface area contributed by atoms with Gasteiger partial charge < -0.3 is 10.1 Å². The van der Waals surface area contributed by atoms with Crippen molar-refractivity contribution >= 4 is 5.91 Å². The van der Waals surface area contributed by atoms with Gasteiger partial charge in [-0.2, -0.15) is 10.4 Å². The van der Waals surface area contributed by atoms with Crippen LogP contribution >= 0.6 is 0 Å². The van der Waals surface area contributed by atoms with E-state index in [1.165, 1.54) is 0 Å². The molecule has 1 N–H and O–H groups in total. The Morgan fingerprint density at radius 3 is 2.72 bits per heavy atom. The second-order valence-corrected chi connectivity index (χ2v) is 6.46. The zero-order valence-electron chi connectivity index (χ0n) is 14.7. The van der Waals surface area contributed by atoms with Gasteiger partial charge in [-0.15, -0.1) is 0 Å². The number of rotatable bonds is 4. The Labute approximate surface area is 147 Å². The molecule has 1 aromatic heterocycles. The van der Waals surface area contributed by atoms with Crippen molar-refractivity contribution in [3.8, 4) is 6.07 Å². The molecule has 1 aromatic carbocycles. The number of hydrogen-bond acceptors (Lipinski definition) is 4. The summed E-state index contributed by atoms with van der Waals surface area (Å²) >= 11 is 0. The number of fused-ring (bicyclic) bond motifs is 1. The Bertz CT molecular complexity index is 817. The Hall–Kier alpha value is -2.65. The first-order valence-electron chi connectivity index (χ1n) is 8.43. The van der Waals surface area contributed by atoms with Crippen LogP contribution in [0.25, 0.3) is 0 Å². The normalized spacial score (nSPS) is 19.1. The van der Waals surface area contributed by atoms with Crippen molar-refractivity contribution in [2.75, 3.05) is 0 Å². The van der Waals surface area contributed by atoms with E-state index in [2.05, 4.69) is 16.5 Å². The van der Waals surface area contributed by atoms with Crippen molar-refractivity contribution in [1.29, 1.82) is 5.26 Å². The van der Waals surface area contributed by atoms with E-state index in [9.17, 15) is 4.79 Å². The molecule has 0 spiro atoms. The Morgan fingerprint density at radius 2 is 2.04 bits per heavy atom. The summed E-state index contributed by atoms with van der Waals surface area (Å²) in [5, 5.41) is 16.1. The first-order valence-corrected chi connectivity index (χ1v) is 8.43. The molecule has 0 aliphatic carbocycles. The van der Waals surface area contributed by atoms with E-state index < -0.39 is 0 Å². The quantitative estimate of drug-likeness (QED) is 0.928. The number of ether oxygens (including phenoxy) is 1. The zero-order valence-corrected chi connectivity index (χ0v) is 14.7. The topological polar surface area (TPSA) is 79.9 Å². The molecule has 0 saturated carbocycles. The highest BCUT2D eigenvalue weighted by Crippen LogP contribution is 2.31. The molecule has 0 unspecified atom stereocenters. The van der Waals surface area contributed by atoms with Crippen LogP contribution in [0.2, 0.25) is 0 Å². The van der Waals surface area contributed by atoms with Gasteiger partial charge in [0.1, 0.15) is 0 Å². The summed E-state index contributed by atoms with van der Waals surface area (Å²) in [6.45, 7) is 4.43. The lowest BCUT2D eigenvalue weighted by molar-refractivity contribution is -0.00903. The van der Waals surface area contributed by atoms with E-state index in [1.54, 1.807) is 4.68 Å². The number of nitriles is 1. The molecular formula is C19H22N4O2. The molecule has 0 saturated heterocycles. The number of aromatic nitrogens is 2. The minimum absolute atomic E-state index is 0.0644. The number of carbonyl (C=O) groups is 1. The fourth-order valence-corrected chi connectivity index (χ4v) is 3.35. The summed E-state index contributed by atoms with van der Waals surface area (Å²) in [5.41, 5.74) is 4.41. The fraction of sp³-hybridized carbons (Fsp3) is 0.421. The SMILES string of the molecule is C[C@@H]1Cc2c(C(=O)NCc3ccc(CC#N)cc3)nn(C)c2[C@H](C)O1. The molecular weight excluding hydrogens is 316 g/mol.